The molecule has 0 bridgehead atoms. The quantitative estimate of drug-likeness (QED) is 0.716. The molecule has 2 amide bonds. The van der Waals surface area contributed by atoms with Crippen LogP contribution in [-0.4, -0.2) is 26.5 Å². The summed E-state index contributed by atoms with van der Waals surface area (Å²) in [6.45, 7) is 1.70. The van der Waals surface area contributed by atoms with E-state index in [1.807, 2.05) is 0 Å². The van der Waals surface area contributed by atoms with Crippen LogP contribution in [0.3, 0.4) is 0 Å². The van der Waals surface area contributed by atoms with Gasteiger partial charge in [-0.1, -0.05) is 23.2 Å². The number of carbonyl (C=O) groups excluding carboxylic acids is 1. The van der Waals surface area contributed by atoms with Gasteiger partial charge in [0.15, 0.2) is 6.23 Å². The van der Waals surface area contributed by atoms with Gasteiger partial charge in [-0.05, 0) is 31.2 Å². The van der Waals surface area contributed by atoms with E-state index in [0.717, 1.165) is 0 Å². The van der Waals surface area contributed by atoms with Gasteiger partial charge in [0.2, 0.25) is 0 Å². The van der Waals surface area contributed by atoms with Crippen LogP contribution in [0.2, 0.25) is 10.0 Å². The fraction of sp³-hybridized carbons (Fsp3) is 0.235. The second kappa shape index (κ2) is 8.69. The summed E-state index contributed by atoms with van der Waals surface area (Å²) < 4.78 is 15.9. The van der Waals surface area contributed by atoms with Crippen LogP contribution < -0.4 is 24.8 Å². The Bertz CT molecular complexity index is 738. The summed E-state index contributed by atoms with van der Waals surface area (Å²) in [5, 5.41) is 6.32. The number of hydrogen-bond acceptors (Lipinski definition) is 4. The maximum atomic E-state index is 12.2. The molecule has 8 heteroatoms. The monoisotopic (exact) mass is 384 g/mol. The molecule has 0 radical (unpaired) electrons. The van der Waals surface area contributed by atoms with Crippen molar-refractivity contribution in [2.75, 3.05) is 19.5 Å². The largest absolute Gasteiger partial charge is 0.495 e. The Kier molecular flexibility index (Phi) is 6.61. The number of methoxy groups -OCH3 is 2. The summed E-state index contributed by atoms with van der Waals surface area (Å²) in [5.74, 6) is 1.42. The van der Waals surface area contributed by atoms with Crippen LogP contribution in [0, 0.1) is 0 Å². The van der Waals surface area contributed by atoms with E-state index in [-0.39, 0.29) is 0 Å². The third-order valence-corrected chi connectivity index (χ3v) is 3.73. The molecule has 134 valence electrons. The zero-order valence-electron chi connectivity index (χ0n) is 13.9. The average molecular weight is 385 g/mol. The van der Waals surface area contributed by atoms with Gasteiger partial charge in [0.1, 0.15) is 17.2 Å². The van der Waals surface area contributed by atoms with Crippen molar-refractivity contribution in [3.8, 4) is 17.2 Å². The number of benzene rings is 2. The number of urea groups is 1. The second-order valence-corrected chi connectivity index (χ2v) is 5.84. The van der Waals surface area contributed by atoms with Gasteiger partial charge in [0.25, 0.3) is 0 Å². The molecule has 0 spiro atoms. The van der Waals surface area contributed by atoms with Gasteiger partial charge in [-0.2, -0.15) is 0 Å². The van der Waals surface area contributed by atoms with Crippen molar-refractivity contribution in [2.24, 2.45) is 0 Å². The summed E-state index contributed by atoms with van der Waals surface area (Å²) in [7, 11) is 2.97. The highest BCUT2D eigenvalue weighted by atomic mass is 35.5. The third kappa shape index (κ3) is 5.34. The molecule has 0 aliphatic heterocycles. The van der Waals surface area contributed by atoms with Crippen molar-refractivity contribution in [3.63, 3.8) is 0 Å². The van der Waals surface area contributed by atoms with E-state index in [4.69, 9.17) is 37.4 Å². The van der Waals surface area contributed by atoms with Gasteiger partial charge in [-0.3, -0.25) is 0 Å². The highest BCUT2D eigenvalue weighted by molar-refractivity contribution is 6.32. The van der Waals surface area contributed by atoms with E-state index < -0.39 is 12.3 Å². The molecule has 2 aromatic carbocycles. The first-order valence-electron chi connectivity index (χ1n) is 7.34. The normalized spacial score (nSPS) is 11.4. The minimum atomic E-state index is -0.568. The number of amides is 2. The minimum absolute atomic E-state index is 0.379. The topological polar surface area (TPSA) is 68.8 Å². The standard InChI is InChI=1S/C17H18Cl2N2O4/c1-10(25-12-6-4-11(18)5-7-12)20-17(22)21-14-9-15(23-2)13(19)8-16(14)24-3/h4-10H,1-3H3,(H2,20,21,22). The molecule has 25 heavy (non-hydrogen) atoms. The Morgan fingerprint density at radius 2 is 1.68 bits per heavy atom. The Morgan fingerprint density at radius 1 is 1.04 bits per heavy atom. The lowest BCUT2D eigenvalue weighted by molar-refractivity contribution is 0.183. The first-order valence-corrected chi connectivity index (χ1v) is 8.09. The minimum Gasteiger partial charge on any atom is -0.495 e. The number of halogens is 2. The van der Waals surface area contributed by atoms with Crippen LogP contribution >= 0.6 is 23.2 Å². The van der Waals surface area contributed by atoms with E-state index in [1.165, 1.54) is 14.2 Å². The van der Waals surface area contributed by atoms with E-state index in [2.05, 4.69) is 10.6 Å². The van der Waals surface area contributed by atoms with Crippen molar-refractivity contribution in [3.05, 3.63) is 46.4 Å². The van der Waals surface area contributed by atoms with Crippen LogP contribution in [-0.2, 0) is 0 Å². The van der Waals surface area contributed by atoms with E-state index in [1.54, 1.807) is 43.3 Å². The van der Waals surface area contributed by atoms with E-state index in [9.17, 15) is 4.79 Å². The number of anilines is 1. The Balaban J connectivity index is 2.00. The molecular formula is C17H18Cl2N2O4. The number of carbonyl (C=O) groups is 1. The Hall–Kier alpha value is -2.31. The van der Waals surface area contributed by atoms with Crippen molar-refractivity contribution in [1.29, 1.82) is 0 Å². The Morgan fingerprint density at radius 3 is 2.28 bits per heavy atom. The molecule has 0 saturated carbocycles. The zero-order chi connectivity index (χ0) is 18.4. The number of rotatable bonds is 6. The van der Waals surface area contributed by atoms with Gasteiger partial charge in [0.05, 0.1) is 24.9 Å². The second-order valence-electron chi connectivity index (χ2n) is 5.00. The summed E-state index contributed by atoms with van der Waals surface area (Å²) >= 11 is 11.9. The van der Waals surface area contributed by atoms with Crippen molar-refractivity contribution in [1.82, 2.24) is 5.32 Å². The van der Waals surface area contributed by atoms with Crippen LogP contribution in [0.25, 0.3) is 0 Å². The maximum absolute atomic E-state index is 12.2. The molecule has 0 aliphatic rings. The fourth-order valence-corrected chi connectivity index (χ4v) is 2.40. The molecule has 1 unspecified atom stereocenters. The van der Waals surface area contributed by atoms with Gasteiger partial charge < -0.3 is 24.8 Å². The predicted octanol–water partition coefficient (Wildman–Crippen LogP) is 4.56. The predicted molar refractivity (Wildman–Crippen MR) is 98.3 cm³/mol. The summed E-state index contributed by atoms with van der Waals surface area (Å²) in [5.41, 5.74) is 0.417. The lowest BCUT2D eigenvalue weighted by Gasteiger charge is -2.18. The van der Waals surface area contributed by atoms with Crippen LogP contribution in [0.5, 0.6) is 17.2 Å². The lowest BCUT2D eigenvalue weighted by Crippen LogP contribution is -2.39. The SMILES string of the molecule is COc1cc(NC(=O)NC(C)Oc2ccc(Cl)cc2)c(OC)cc1Cl. The average Bonchev–Trinajstić information content (AvgIpc) is 2.57. The van der Waals surface area contributed by atoms with Gasteiger partial charge in [0, 0.05) is 17.2 Å². The zero-order valence-corrected chi connectivity index (χ0v) is 15.4. The van der Waals surface area contributed by atoms with E-state index in [0.29, 0.717) is 33.0 Å². The van der Waals surface area contributed by atoms with Crippen molar-refractivity contribution >= 4 is 34.9 Å². The lowest BCUT2D eigenvalue weighted by atomic mass is 10.2. The molecule has 0 heterocycles. The number of hydrogen-bond donors (Lipinski definition) is 2. The first-order chi connectivity index (χ1) is 11.9. The van der Waals surface area contributed by atoms with Crippen molar-refractivity contribution in [2.45, 2.75) is 13.2 Å². The summed E-state index contributed by atoms with van der Waals surface area (Å²) in [6.07, 6.45) is -0.568. The molecular weight excluding hydrogens is 367 g/mol. The smallest absolute Gasteiger partial charge is 0.322 e. The Labute approximate surface area is 156 Å². The molecule has 0 aromatic heterocycles. The van der Waals surface area contributed by atoms with Crippen LogP contribution in [0.4, 0.5) is 10.5 Å². The summed E-state index contributed by atoms with van der Waals surface area (Å²) in [6, 6.07) is 9.50. The molecule has 0 aliphatic carbocycles. The van der Waals surface area contributed by atoms with Crippen molar-refractivity contribution < 1.29 is 19.0 Å². The van der Waals surface area contributed by atoms with Gasteiger partial charge >= 0.3 is 6.03 Å². The maximum Gasteiger partial charge on any atom is 0.322 e. The molecule has 6 nitrogen and oxygen atoms in total. The first kappa shape index (κ1) is 19.0. The number of ether oxygens (including phenoxy) is 3. The summed E-state index contributed by atoms with van der Waals surface area (Å²) in [4.78, 5) is 12.2. The molecule has 1 atom stereocenters. The molecule has 2 aromatic rings. The van der Waals surface area contributed by atoms with Crippen LogP contribution in [0.1, 0.15) is 6.92 Å². The highest BCUT2D eigenvalue weighted by Crippen LogP contribution is 2.35. The molecule has 0 saturated heterocycles. The van der Waals surface area contributed by atoms with E-state index >= 15 is 0 Å². The third-order valence-electron chi connectivity index (χ3n) is 3.18. The molecule has 0 fully saturated rings. The fourth-order valence-electron chi connectivity index (χ4n) is 2.05. The molecule has 2 rings (SSSR count). The number of nitrogens with one attached hydrogen (secondary N) is 2. The van der Waals surface area contributed by atoms with Gasteiger partial charge in [-0.15, -0.1) is 0 Å². The van der Waals surface area contributed by atoms with Crippen LogP contribution in [0.15, 0.2) is 36.4 Å². The highest BCUT2D eigenvalue weighted by Gasteiger charge is 2.14. The molecule has 2 N–H and O–H groups in total. The van der Waals surface area contributed by atoms with Gasteiger partial charge in [-0.25, -0.2) is 4.79 Å².